The minimum Gasteiger partial charge on any atom is -0.480 e. The lowest BCUT2D eigenvalue weighted by Gasteiger charge is -2.09. The molecule has 0 radical (unpaired) electrons. The molecule has 0 amide bonds. The van der Waals surface area contributed by atoms with Gasteiger partial charge in [0, 0.05) is 15.8 Å². The van der Waals surface area contributed by atoms with E-state index in [-0.39, 0.29) is 5.56 Å². The number of pyridine rings is 1. The van der Waals surface area contributed by atoms with Gasteiger partial charge in [0.15, 0.2) is 0 Å². The number of carbonyl (C=O) groups is 1. The lowest BCUT2D eigenvalue weighted by atomic mass is 10.2. The molecule has 1 N–H and O–H groups in total. The molecule has 2 aromatic rings. The van der Waals surface area contributed by atoms with Crippen LogP contribution in [0.2, 0.25) is 0 Å². The molecule has 0 aliphatic carbocycles. The van der Waals surface area contributed by atoms with Gasteiger partial charge in [0.2, 0.25) is 0 Å². The van der Waals surface area contributed by atoms with Crippen molar-refractivity contribution in [3.63, 3.8) is 0 Å². The maximum atomic E-state index is 12.0. The predicted molar refractivity (Wildman–Crippen MR) is 63.2 cm³/mol. The number of hydrogen-bond acceptors (Lipinski definition) is 3. The Labute approximate surface area is 95.8 Å². The number of thiophene rings is 1. The van der Waals surface area contributed by atoms with Crippen LogP contribution in [0, 0.1) is 6.92 Å². The Hall–Kier alpha value is -1.62. The van der Waals surface area contributed by atoms with Gasteiger partial charge in [-0.25, -0.2) is 4.79 Å². The van der Waals surface area contributed by atoms with Crippen molar-refractivity contribution in [3.05, 3.63) is 33.6 Å². The maximum Gasteiger partial charge on any atom is 0.326 e. The molecular weight excluding hydrogens is 226 g/mol. The fourth-order valence-corrected chi connectivity index (χ4v) is 2.51. The summed E-state index contributed by atoms with van der Waals surface area (Å²) < 4.78 is 2.15. The standard InChI is InChI=1S/C11H11NO3S/c1-6-5-8-9(16-6)3-4-12(10(8)13)7(2)11(14)15/h3-5,7H,1-2H3,(H,14,15). The molecule has 0 saturated heterocycles. The Kier molecular flexibility index (Phi) is 2.55. The van der Waals surface area contributed by atoms with Crippen molar-refractivity contribution in [3.8, 4) is 0 Å². The van der Waals surface area contributed by atoms with Crippen molar-refractivity contribution >= 4 is 27.4 Å². The first-order chi connectivity index (χ1) is 7.50. The van der Waals surface area contributed by atoms with Crippen LogP contribution in [0.1, 0.15) is 17.8 Å². The first-order valence-corrected chi connectivity index (χ1v) is 5.66. The van der Waals surface area contributed by atoms with Crippen LogP contribution in [0.25, 0.3) is 10.1 Å². The molecule has 0 saturated carbocycles. The topological polar surface area (TPSA) is 59.3 Å². The van der Waals surface area contributed by atoms with Crippen molar-refractivity contribution < 1.29 is 9.90 Å². The number of aliphatic carboxylic acids is 1. The third kappa shape index (κ3) is 1.63. The zero-order valence-electron chi connectivity index (χ0n) is 8.93. The van der Waals surface area contributed by atoms with Gasteiger partial charge in [-0.15, -0.1) is 11.3 Å². The second kappa shape index (κ2) is 3.75. The number of carboxylic acid groups (broad SMARTS) is 1. The molecule has 0 aromatic carbocycles. The van der Waals surface area contributed by atoms with E-state index in [9.17, 15) is 9.59 Å². The van der Waals surface area contributed by atoms with Crippen molar-refractivity contribution in [2.75, 3.05) is 0 Å². The highest BCUT2D eigenvalue weighted by atomic mass is 32.1. The first kappa shape index (κ1) is 10.9. The Balaban J connectivity index is 2.69. The monoisotopic (exact) mass is 237 g/mol. The normalized spacial score (nSPS) is 12.9. The molecule has 0 aliphatic heterocycles. The quantitative estimate of drug-likeness (QED) is 0.869. The van der Waals surface area contributed by atoms with Crippen molar-refractivity contribution in [2.45, 2.75) is 19.9 Å². The SMILES string of the molecule is Cc1cc2c(=O)n(C(C)C(=O)O)ccc2s1. The van der Waals surface area contributed by atoms with Crippen molar-refractivity contribution in [1.29, 1.82) is 0 Å². The fraction of sp³-hybridized carbons (Fsp3) is 0.273. The summed E-state index contributed by atoms with van der Waals surface area (Å²) in [5.74, 6) is -1.01. The van der Waals surface area contributed by atoms with Gasteiger partial charge < -0.3 is 9.67 Å². The van der Waals surface area contributed by atoms with E-state index in [1.165, 1.54) is 22.8 Å². The summed E-state index contributed by atoms with van der Waals surface area (Å²) in [6, 6.07) is 2.75. The number of rotatable bonds is 2. The van der Waals surface area contributed by atoms with E-state index in [1.54, 1.807) is 18.3 Å². The molecule has 2 rings (SSSR count). The number of hydrogen-bond donors (Lipinski definition) is 1. The molecule has 4 nitrogen and oxygen atoms in total. The molecule has 0 fully saturated rings. The predicted octanol–water partition coefficient (Wildman–Crippen LogP) is 2.02. The highest BCUT2D eigenvalue weighted by Crippen LogP contribution is 2.22. The summed E-state index contributed by atoms with van der Waals surface area (Å²) in [4.78, 5) is 23.9. The van der Waals surface area contributed by atoms with Gasteiger partial charge in [-0.05, 0) is 26.0 Å². The third-order valence-electron chi connectivity index (χ3n) is 2.51. The Morgan fingerprint density at radius 3 is 2.88 bits per heavy atom. The van der Waals surface area contributed by atoms with E-state index < -0.39 is 12.0 Å². The summed E-state index contributed by atoms with van der Waals surface area (Å²) in [5.41, 5.74) is -0.239. The number of fused-ring (bicyclic) bond motifs is 1. The van der Waals surface area contributed by atoms with Crippen molar-refractivity contribution in [1.82, 2.24) is 4.57 Å². The molecule has 0 aliphatic rings. The number of nitrogens with zero attached hydrogens (tertiary/aromatic N) is 1. The van der Waals surface area contributed by atoms with E-state index >= 15 is 0 Å². The Bertz CT molecular complexity index is 611. The van der Waals surface area contributed by atoms with Crippen LogP contribution in [0.5, 0.6) is 0 Å². The van der Waals surface area contributed by atoms with E-state index in [2.05, 4.69) is 0 Å². The smallest absolute Gasteiger partial charge is 0.326 e. The highest BCUT2D eigenvalue weighted by molar-refractivity contribution is 7.18. The molecule has 2 aromatic heterocycles. The van der Waals surface area contributed by atoms with Crippen LogP contribution >= 0.6 is 11.3 Å². The summed E-state index contributed by atoms with van der Waals surface area (Å²) >= 11 is 1.53. The van der Waals surface area contributed by atoms with Gasteiger partial charge >= 0.3 is 5.97 Å². The van der Waals surface area contributed by atoms with Gasteiger partial charge in [0.05, 0.1) is 5.39 Å². The molecule has 5 heteroatoms. The lowest BCUT2D eigenvalue weighted by Crippen LogP contribution is -2.27. The van der Waals surface area contributed by atoms with Crippen LogP contribution in [0.3, 0.4) is 0 Å². The summed E-state index contributed by atoms with van der Waals surface area (Å²) in [6.45, 7) is 3.42. The molecular formula is C11H11NO3S. The van der Waals surface area contributed by atoms with Crippen LogP contribution in [-0.2, 0) is 4.79 Å². The zero-order chi connectivity index (χ0) is 11.9. The molecule has 2 heterocycles. The van der Waals surface area contributed by atoms with Gasteiger partial charge in [-0.3, -0.25) is 4.79 Å². The molecule has 16 heavy (non-hydrogen) atoms. The number of carboxylic acids is 1. The number of aryl methyl sites for hydroxylation is 1. The molecule has 0 spiro atoms. The zero-order valence-corrected chi connectivity index (χ0v) is 9.75. The minimum absolute atomic E-state index is 0.239. The second-order valence-electron chi connectivity index (χ2n) is 3.68. The van der Waals surface area contributed by atoms with E-state index in [4.69, 9.17) is 5.11 Å². The molecule has 1 atom stereocenters. The first-order valence-electron chi connectivity index (χ1n) is 4.85. The van der Waals surface area contributed by atoms with Crippen molar-refractivity contribution in [2.24, 2.45) is 0 Å². The maximum absolute atomic E-state index is 12.0. The van der Waals surface area contributed by atoms with E-state index in [1.807, 2.05) is 6.92 Å². The van der Waals surface area contributed by atoms with Crippen LogP contribution in [0.4, 0.5) is 0 Å². The summed E-state index contributed by atoms with van der Waals surface area (Å²) in [7, 11) is 0. The second-order valence-corrected chi connectivity index (χ2v) is 4.97. The van der Waals surface area contributed by atoms with Crippen LogP contribution in [0.15, 0.2) is 23.1 Å². The Morgan fingerprint density at radius 2 is 2.25 bits per heavy atom. The summed E-state index contributed by atoms with van der Waals surface area (Å²) in [6.07, 6.45) is 1.54. The molecule has 0 bridgehead atoms. The third-order valence-corrected chi connectivity index (χ3v) is 3.53. The molecule has 1 unspecified atom stereocenters. The van der Waals surface area contributed by atoms with E-state index in [0.717, 1.165) is 9.58 Å². The van der Waals surface area contributed by atoms with E-state index in [0.29, 0.717) is 5.39 Å². The average Bonchev–Trinajstić information content (AvgIpc) is 2.59. The van der Waals surface area contributed by atoms with Crippen LogP contribution < -0.4 is 5.56 Å². The number of aromatic nitrogens is 1. The van der Waals surface area contributed by atoms with Gasteiger partial charge in [0.1, 0.15) is 6.04 Å². The Morgan fingerprint density at radius 1 is 1.56 bits per heavy atom. The molecule has 84 valence electrons. The minimum atomic E-state index is -1.01. The lowest BCUT2D eigenvalue weighted by molar-refractivity contribution is -0.140. The highest BCUT2D eigenvalue weighted by Gasteiger charge is 2.16. The fourth-order valence-electron chi connectivity index (χ4n) is 1.60. The van der Waals surface area contributed by atoms with Crippen LogP contribution in [-0.4, -0.2) is 15.6 Å². The van der Waals surface area contributed by atoms with Gasteiger partial charge in [-0.2, -0.15) is 0 Å². The van der Waals surface area contributed by atoms with Gasteiger partial charge in [0.25, 0.3) is 5.56 Å². The summed E-state index contributed by atoms with van der Waals surface area (Å²) in [5, 5.41) is 9.48. The van der Waals surface area contributed by atoms with Gasteiger partial charge in [-0.1, -0.05) is 0 Å². The average molecular weight is 237 g/mol. The largest absolute Gasteiger partial charge is 0.480 e.